The van der Waals surface area contributed by atoms with Crippen molar-refractivity contribution in [3.8, 4) is 0 Å². The van der Waals surface area contributed by atoms with Crippen molar-refractivity contribution in [2.45, 2.75) is 59.7 Å². The molecule has 0 radical (unpaired) electrons. The minimum absolute atomic E-state index is 0.493. The summed E-state index contributed by atoms with van der Waals surface area (Å²) in [5.41, 5.74) is 2.40. The van der Waals surface area contributed by atoms with Gasteiger partial charge in [0.2, 0.25) is 0 Å². The van der Waals surface area contributed by atoms with Crippen molar-refractivity contribution in [2.75, 3.05) is 0 Å². The zero-order valence-electron chi connectivity index (χ0n) is 10.5. The Labute approximate surface area is 92.9 Å². The molecule has 0 bridgehead atoms. The van der Waals surface area contributed by atoms with Crippen molar-refractivity contribution in [3.05, 3.63) is 17.7 Å². The topological polar surface area (TPSA) is 29.9 Å². The Kier molecular flexibility index (Phi) is 4.33. The standard InChI is InChI=1S/C12H23N3/c1-6-9(2)14-10(3)7-15-8-13-11(4)12(15)5/h8-10,14H,6-7H2,1-5H3. The van der Waals surface area contributed by atoms with Crippen molar-refractivity contribution >= 4 is 0 Å². The highest BCUT2D eigenvalue weighted by molar-refractivity contribution is 5.08. The van der Waals surface area contributed by atoms with Gasteiger partial charge < -0.3 is 9.88 Å². The van der Waals surface area contributed by atoms with E-state index in [9.17, 15) is 0 Å². The molecule has 1 aromatic rings. The largest absolute Gasteiger partial charge is 0.333 e. The lowest BCUT2D eigenvalue weighted by atomic mass is 10.2. The number of nitrogens with one attached hydrogen (secondary N) is 1. The molecular formula is C12H23N3. The van der Waals surface area contributed by atoms with E-state index in [0.717, 1.165) is 12.2 Å². The minimum Gasteiger partial charge on any atom is -0.333 e. The van der Waals surface area contributed by atoms with Gasteiger partial charge in [-0.1, -0.05) is 6.92 Å². The number of aromatic nitrogens is 2. The van der Waals surface area contributed by atoms with Crippen molar-refractivity contribution in [1.29, 1.82) is 0 Å². The van der Waals surface area contributed by atoms with E-state index in [1.54, 1.807) is 0 Å². The second kappa shape index (κ2) is 5.31. The average Bonchev–Trinajstić information content (AvgIpc) is 2.49. The highest BCUT2D eigenvalue weighted by Crippen LogP contribution is 2.05. The van der Waals surface area contributed by atoms with Crippen molar-refractivity contribution in [2.24, 2.45) is 0 Å². The van der Waals surface area contributed by atoms with Gasteiger partial charge in [0.15, 0.2) is 0 Å². The van der Waals surface area contributed by atoms with E-state index in [1.165, 1.54) is 12.1 Å². The second-order valence-corrected chi connectivity index (χ2v) is 4.44. The summed E-state index contributed by atoms with van der Waals surface area (Å²) in [7, 11) is 0. The quantitative estimate of drug-likeness (QED) is 0.806. The number of imidazole rings is 1. The fraction of sp³-hybridized carbons (Fsp3) is 0.750. The Morgan fingerprint density at radius 1 is 1.33 bits per heavy atom. The van der Waals surface area contributed by atoms with E-state index in [1.807, 2.05) is 6.33 Å². The number of rotatable bonds is 5. The van der Waals surface area contributed by atoms with E-state index < -0.39 is 0 Å². The number of nitrogens with zero attached hydrogens (tertiary/aromatic N) is 2. The molecule has 1 N–H and O–H groups in total. The predicted molar refractivity (Wildman–Crippen MR) is 64.1 cm³/mol. The summed E-state index contributed by atoms with van der Waals surface area (Å²) in [6, 6.07) is 1.08. The van der Waals surface area contributed by atoms with Gasteiger partial charge in [-0.25, -0.2) is 4.98 Å². The summed E-state index contributed by atoms with van der Waals surface area (Å²) < 4.78 is 2.22. The molecule has 0 aliphatic rings. The van der Waals surface area contributed by atoms with Crippen LogP contribution in [0.5, 0.6) is 0 Å². The first-order valence-corrected chi connectivity index (χ1v) is 5.79. The van der Waals surface area contributed by atoms with Crippen molar-refractivity contribution in [3.63, 3.8) is 0 Å². The third kappa shape index (κ3) is 3.34. The minimum atomic E-state index is 0.493. The fourth-order valence-electron chi connectivity index (χ4n) is 1.68. The highest BCUT2D eigenvalue weighted by atomic mass is 15.1. The van der Waals surface area contributed by atoms with Crippen LogP contribution in [0.1, 0.15) is 38.6 Å². The van der Waals surface area contributed by atoms with Gasteiger partial charge in [0.1, 0.15) is 0 Å². The van der Waals surface area contributed by atoms with E-state index in [-0.39, 0.29) is 0 Å². The summed E-state index contributed by atoms with van der Waals surface area (Å²) in [4.78, 5) is 4.30. The Bertz CT molecular complexity index is 304. The first-order valence-electron chi connectivity index (χ1n) is 5.79. The first-order chi connectivity index (χ1) is 7.04. The maximum absolute atomic E-state index is 4.30. The molecule has 0 spiro atoms. The number of hydrogen-bond acceptors (Lipinski definition) is 2. The molecule has 0 saturated carbocycles. The lowest BCUT2D eigenvalue weighted by Gasteiger charge is -2.19. The van der Waals surface area contributed by atoms with E-state index in [4.69, 9.17) is 0 Å². The van der Waals surface area contributed by atoms with Gasteiger partial charge >= 0.3 is 0 Å². The van der Waals surface area contributed by atoms with Crippen LogP contribution in [0.25, 0.3) is 0 Å². The SMILES string of the molecule is CCC(C)NC(C)Cn1cnc(C)c1C. The van der Waals surface area contributed by atoms with E-state index in [2.05, 4.69) is 49.5 Å². The van der Waals surface area contributed by atoms with Crippen LogP contribution < -0.4 is 5.32 Å². The molecule has 2 unspecified atom stereocenters. The van der Waals surface area contributed by atoms with Gasteiger partial charge in [-0.2, -0.15) is 0 Å². The van der Waals surface area contributed by atoms with Crippen LogP contribution in [-0.4, -0.2) is 21.6 Å². The van der Waals surface area contributed by atoms with E-state index in [0.29, 0.717) is 12.1 Å². The van der Waals surface area contributed by atoms with Crippen molar-refractivity contribution in [1.82, 2.24) is 14.9 Å². The van der Waals surface area contributed by atoms with Gasteiger partial charge in [0, 0.05) is 24.3 Å². The summed E-state index contributed by atoms with van der Waals surface area (Å²) in [5.74, 6) is 0. The van der Waals surface area contributed by atoms with Crippen LogP contribution in [0, 0.1) is 13.8 Å². The fourth-order valence-corrected chi connectivity index (χ4v) is 1.68. The van der Waals surface area contributed by atoms with Crippen LogP contribution in [0.3, 0.4) is 0 Å². The maximum atomic E-state index is 4.30. The molecule has 3 nitrogen and oxygen atoms in total. The molecule has 0 aliphatic heterocycles. The van der Waals surface area contributed by atoms with Gasteiger partial charge in [-0.05, 0) is 34.1 Å². The summed E-state index contributed by atoms with van der Waals surface area (Å²) in [6.45, 7) is 11.8. The zero-order chi connectivity index (χ0) is 11.4. The van der Waals surface area contributed by atoms with Gasteiger partial charge in [0.05, 0.1) is 12.0 Å². The van der Waals surface area contributed by atoms with Crippen LogP contribution in [0.4, 0.5) is 0 Å². The Morgan fingerprint density at radius 3 is 2.47 bits per heavy atom. The monoisotopic (exact) mass is 209 g/mol. The normalized spacial score (nSPS) is 15.3. The molecule has 1 aromatic heterocycles. The van der Waals surface area contributed by atoms with Gasteiger partial charge in [-0.3, -0.25) is 0 Å². The lowest BCUT2D eigenvalue weighted by molar-refractivity contribution is 0.413. The Morgan fingerprint density at radius 2 is 2.00 bits per heavy atom. The molecule has 1 rings (SSSR count). The smallest absolute Gasteiger partial charge is 0.0951 e. The van der Waals surface area contributed by atoms with Crippen LogP contribution in [0.15, 0.2) is 6.33 Å². The van der Waals surface area contributed by atoms with Gasteiger partial charge in [-0.15, -0.1) is 0 Å². The molecule has 0 aromatic carbocycles. The summed E-state index contributed by atoms with van der Waals surface area (Å²) >= 11 is 0. The van der Waals surface area contributed by atoms with Crippen LogP contribution in [0.2, 0.25) is 0 Å². The molecule has 0 aliphatic carbocycles. The second-order valence-electron chi connectivity index (χ2n) is 4.44. The molecular weight excluding hydrogens is 186 g/mol. The highest BCUT2D eigenvalue weighted by Gasteiger charge is 2.08. The maximum Gasteiger partial charge on any atom is 0.0951 e. The molecule has 0 saturated heterocycles. The first kappa shape index (κ1) is 12.2. The molecule has 1 heterocycles. The van der Waals surface area contributed by atoms with Crippen LogP contribution >= 0.6 is 0 Å². The third-order valence-corrected chi connectivity index (χ3v) is 3.00. The Balaban J connectivity index is 2.51. The Hall–Kier alpha value is -0.830. The van der Waals surface area contributed by atoms with Crippen molar-refractivity contribution < 1.29 is 0 Å². The number of aryl methyl sites for hydroxylation is 1. The predicted octanol–water partition coefficient (Wildman–Crippen LogP) is 2.28. The summed E-state index contributed by atoms with van der Waals surface area (Å²) in [6.07, 6.45) is 3.10. The molecule has 2 atom stereocenters. The van der Waals surface area contributed by atoms with Crippen LogP contribution in [-0.2, 0) is 6.54 Å². The zero-order valence-corrected chi connectivity index (χ0v) is 10.5. The third-order valence-electron chi connectivity index (χ3n) is 3.00. The molecule has 0 amide bonds. The van der Waals surface area contributed by atoms with Gasteiger partial charge in [0.25, 0.3) is 0 Å². The lowest BCUT2D eigenvalue weighted by Crippen LogP contribution is -2.36. The molecule has 15 heavy (non-hydrogen) atoms. The molecule has 0 fully saturated rings. The molecule has 86 valence electrons. The number of hydrogen-bond donors (Lipinski definition) is 1. The van der Waals surface area contributed by atoms with E-state index >= 15 is 0 Å². The summed E-state index contributed by atoms with van der Waals surface area (Å²) in [5, 5.41) is 3.57. The average molecular weight is 209 g/mol. The molecule has 3 heteroatoms.